The van der Waals surface area contributed by atoms with Crippen LogP contribution in [0.25, 0.3) is 16.8 Å². The van der Waals surface area contributed by atoms with Gasteiger partial charge in [0.25, 0.3) is 7.82 Å². The summed E-state index contributed by atoms with van der Waals surface area (Å²) in [6, 6.07) is 0. The number of aromatic nitrogens is 5. The van der Waals surface area contributed by atoms with Gasteiger partial charge in [-0.1, -0.05) is 0 Å². The fourth-order valence-electron chi connectivity index (χ4n) is 3.09. The fourth-order valence-corrected chi connectivity index (χ4v) is 4.04. The number of ether oxygens (including phenoxy) is 1. The molecule has 5 rings (SSSR count). The maximum Gasteiger partial charge on any atom is 0.268 e. The summed E-state index contributed by atoms with van der Waals surface area (Å²) in [4.78, 5) is 24.2. The van der Waals surface area contributed by atoms with Crippen molar-refractivity contribution < 1.29 is 28.3 Å². The van der Waals surface area contributed by atoms with Crippen molar-refractivity contribution in [2.45, 2.75) is 24.5 Å². The Morgan fingerprint density at radius 1 is 1.29 bits per heavy atom. The van der Waals surface area contributed by atoms with Crippen molar-refractivity contribution >= 4 is 24.6 Å². The highest BCUT2D eigenvalue weighted by molar-refractivity contribution is 7.45. The van der Waals surface area contributed by atoms with Gasteiger partial charge in [-0.2, -0.15) is 0 Å². The Morgan fingerprint density at radius 2 is 2.17 bits per heavy atom. The number of phosphoric ester groups is 1. The van der Waals surface area contributed by atoms with Gasteiger partial charge in [-0.25, -0.2) is 15.0 Å². The number of nitrogens with zero attached hydrogens (tertiary/aromatic N) is 5. The quantitative estimate of drug-likeness (QED) is 0.559. The monoisotopic (exact) mass is 352 g/mol. The second kappa shape index (κ2) is 4.82. The van der Waals surface area contributed by atoms with E-state index in [4.69, 9.17) is 9.26 Å². The lowest BCUT2D eigenvalue weighted by atomic mass is 10.1. The first kappa shape index (κ1) is 14.5. The minimum Gasteiger partial charge on any atom is -0.756 e. The molecular weight excluding hydrogens is 341 g/mol. The third kappa shape index (κ3) is 1.97. The fraction of sp³-hybridized carbons (Fsp3) is 0.417. The molecule has 5 heterocycles. The number of rotatable bonds is 1. The molecule has 2 aliphatic rings. The van der Waals surface area contributed by atoms with Gasteiger partial charge in [0.05, 0.1) is 12.9 Å². The Balaban J connectivity index is 1.57. The zero-order valence-corrected chi connectivity index (χ0v) is 12.9. The Bertz CT molecular complexity index is 987. The van der Waals surface area contributed by atoms with Gasteiger partial charge in [-0.05, 0) is 0 Å². The first-order valence-electron chi connectivity index (χ1n) is 7.15. The number of phosphoric acid groups is 1. The van der Waals surface area contributed by atoms with Gasteiger partial charge < -0.3 is 23.8 Å². The van der Waals surface area contributed by atoms with Gasteiger partial charge in [0.15, 0.2) is 23.0 Å². The van der Waals surface area contributed by atoms with Crippen molar-refractivity contribution in [3.05, 3.63) is 25.0 Å². The van der Waals surface area contributed by atoms with Gasteiger partial charge >= 0.3 is 0 Å². The van der Waals surface area contributed by atoms with Crippen molar-refractivity contribution in [1.29, 1.82) is 0 Å². The van der Waals surface area contributed by atoms with Gasteiger partial charge in [0, 0.05) is 12.4 Å². The van der Waals surface area contributed by atoms with Crippen LogP contribution >= 0.6 is 7.82 Å². The van der Waals surface area contributed by atoms with Gasteiger partial charge in [-0.15, -0.1) is 0 Å². The summed E-state index contributed by atoms with van der Waals surface area (Å²) < 4.78 is 29.9. The lowest BCUT2D eigenvalue weighted by Crippen LogP contribution is -2.41. The SMILES string of the molecule is O=P1([O-])OCC2OC(n3cnc4c3ncn3ccnc43)C(O)C2O1. The normalized spacial score (nSPS) is 36.4. The molecule has 24 heavy (non-hydrogen) atoms. The molecule has 2 saturated heterocycles. The van der Waals surface area contributed by atoms with Crippen LogP contribution in [-0.2, 0) is 18.3 Å². The molecule has 126 valence electrons. The maximum atomic E-state index is 11.4. The van der Waals surface area contributed by atoms with E-state index >= 15 is 0 Å². The Hall–Kier alpha value is -1.88. The molecule has 5 unspecified atom stereocenters. The summed E-state index contributed by atoms with van der Waals surface area (Å²) in [5.41, 5.74) is 1.62. The highest BCUT2D eigenvalue weighted by Gasteiger charge is 2.50. The molecule has 3 aromatic rings. The lowest BCUT2D eigenvalue weighted by Gasteiger charge is -2.34. The van der Waals surface area contributed by atoms with E-state index in [0.29, 0.717) is 16.8 Å². The van der Waals surface area contributed by atoms with Crippen LogP contribution in [0.4, 0.5) is 0 Å². The second-order valence-electron chi connectivity index (χ2n) is 5.60. The van der Waals surface area contributed by atoms with E-state index in [2.05, 4.69) is 19.5 Å². The van der Waals surface area contributed by atoms with Crippen molar-refractivity contribution in [2.24, 2.45) is 0 Å². The van der Waals surface area contributed by atoms with Crippen LogP contribution in [-0.4, -0.2) is 53.9 Å². The van der Waals surface area contributed by atoms with Crippen LogP contribution in [0.3, 0.4) is 0 Å². The average molecular weight is 352 g/mol. The molecule has 0 amide bonds. The van der Waals surface area contributed by atoms with E-state index in [1.54, 1.807) is 23.1 Å². The maximum absolute atomic E-state index is 11.4. The number of fused-ring (bicyclic) bond motifs is 4. The van der Waals surface area contributed by atoms with Crippen molar-refractivity contribution in [2.75, 3.05) is 6.61 Å². The van der Waals surface area contributed by atoms with Gasteiger partial charge in [0.2, 0.25) is 0 Å². The van der Waals surface area contributed by atoms with E-state index in [-0.39, 0.29) is 6.61 Å². The Labute approximate surface area is 134 Å². The lowest BCUT2D eigenvalue weighted by molar-refractivity contribution is -0.245. The van der Waals surface area contributed by atoms with Gasteiger partial charge in [-0.3, -0.25) is 13.5 Å². The first-order valence-corrected chi connectivity index (χ1v) is 8.61. The molecule has 0 aliphatic carbocycles. The van der Waals surface area contributed by atoms with Crippen molar-refractivity contribution in [3.8, 4) is 0 Å². The number of hydrogen-bond acceptors (Lipinski definition) is 9. The Kier molecular flexibility index (Phi) is 2.90. The number of hydrogen-bond donors (Lipinski definition) is 1. The molecule has 0 radical (unpaired) electrons. The molecule has 0 saturated carbocycles. The number of aliphatic hydroxyl groups excluding tert-OH is 1. The minimum absolute atomic E-state index is 0.205. The van der Waals surface area contributed by atoms with E-state index in [0.717, 1.165) is 0 Å². The predicted octanol–water partition coefficient (Wildman–Crippen LogP) is -0.779. The van der Waals surface area contributed by atoms with Crippen molar-refractivity contribution in [1.82, 2.24) is 23.9 Å². The summed E-state index contributed by atoms with van der Waals surface area (Å²) in [6.45, 7) is -0.205. The highest BCUT2D eigenvalue weighted by Crippen LogP contribution is 2.49. The summed E-state index contributed by atoms with van der Waals surface area (Å²) in [7, 11) is -4.41. The predicted molar refractivity (Wildman–Crippen MR) is 74.6 cm³/mol. The van der Waals surface area contributed by atoms with E-state index in [9.17, 15) is 14.6 Å². The molecular formula is C12H11N5O6P-. The van der Waals surface area contributed by atoms with Crippen LogP contribution in [0.1, 0.15) is 6.23 Å². The highest BCUT2D eigenvalue weighted by atomic mass is 31.2. The molecule has 12 heteroatoms. The molecule has 0 bridgehead atoms. The van der Waals surface area contributed by atoms with Crippen LogP contribution in [0.5, 0.6) is 0 Å². The molecule has 3 aromatic heterocycles. The average Bonchev–Trinajstić information content (AvgIpc) is 3.23. The first-order chi connectivity index (χ1) is 11.5. The van der Waals surface area contributed by atoms with Crippen LogP contribution < -0.4 is 4.89 Å². The molecule has 5 atom stereocenters. The largest absolute Gasteiger partial charge is 0.756 e. The number of imidazole rings is 2. The third-order valence-electron chi connectivity index (χ3n) is 4.18. The zero-order valence-electron chi connectivity index (χ0n) is 12.0. The topological polar surface area (TPSA) is 136 Å². The summed E-state index contributed by atoms with van der Waals surface area (Å²) in [5, 5.41) is 10.5. The van der Waals surface area contributed by atoms with E-state index in [1.807, 2.05) is 0 Å². The van der Waals surface area contributed by atoms with Gasteiger partial charge in [0.1, 0.15) is 24.6 Å². The zero-order chi connectivity index (χ0) is 16.5. The van der Waals surface area contributed by atoms with Crippen molar-refractivity contribution in [3.63, 3.8) is 0 Å². The van der Waals surface area contributed by atoms with Crippen LogP contribution in [0, 0.1) is 0 Å². The Morgan fingerprint density at radius 3 is 3.04 bits per heavy atom. The standard InChI is InChI=1S/C12H12N5O6P/c18-8-9-6(3-21-24(19,20)23-9)22-12(8)17-5-14-7-10-13-1-2-16(10)4-15-11(7)17/h1-2,4-6,8-9,12,18H,3H2,(H,19,20)/p-1. The van der Waals surface area contributed by atoms with Crippen LogP contribution in [0.2, 0.25) is 0 Å². The molecule has 2 aliphatic heterocycles. The summed E-state index contributed by atoms with van der Waals surface area (Å²) in [6.07, 6.45) is 2.58. The second-order valence-corrected chi connectivity index (χ2v) is 6.96. The van der Waals surface area contributed by atoms with E-state index in [1.165, 1.54) is 10.9 Å². The van der Waals surface area contributed by atoms with E-state index < -0.39 is 32.4 Å². The smallest absolute Gasteiger partial charge is 0.268 e. The molecule has 0 aromatic carbocycles. The number of aliphatic hydroxyl groups is 1. The molecule has 1 N–H and O–H groups in total. The molecule has 0 spiro atoms. The molecule has 2 fully saturated rings. The summed E-state index contributed by atoms with van der Waals surface area (Å²) in [5.74, 6) is 0. The summed E-state index contributed by atoms with van der Waals surface area (Å²) >= 11 is 0. The molecule has 11 nitrogen and oxygen atoms in total. The minimum atomic E-state index is -4.41. The third-order valence-corrected chi connectivity index (χ3v) is 5.15. The van der Waals surface area contributed by atoms with Crippen LogP contribution in [0.15, 0.2) is 25.0 Å².